The Balaban J connectivity index is 2.08. The summed E-state index contributed by atoms with van der Waals surface area (Å²) < 4.78 is 27.3. The van der Waals surface area contributed by atoms with Crippen LogP contribution in [0.3, 0.4) is 0 Å². The third-order valence-electron chi connectivity index (χ3n) is 7.85. The molecule has 0 aromatic heterocycles. The summed E-state index contributed by atoms with van der Waals surface area (Å²) in [7, 11) is -3.58. The van der Waals surface area contributed by atoms with Gasteiger partial charge in [-0.15, -0.1) is 0 Å². The van der Waals surface area contributed by atoms with Crippen LogP contribution in [-0.2, 0) is 19.4 Å². The molecule has 6 nitrogen and oxygen atoms in total. The van der Waals surface area contributed by atoms with E-state index < -0.39 is 37.8 Å². The first-order valence-corrected chi connectivity index (χ1v) is 14.8. The SMILES string of the molecule is CC(C(C)C(c1ccc(Cl)cc1)S(=O)(=O)C(C)C)C1NC(=O)C(C)(CC(=O)O)CC1c1cccc(Cl)c1. The number of carbonyl (C=O) groups is 2. The molecule has 1 heterocycles. The quantitative estimate of drug-likeness (QED) is 0.371. The van der Waals surface area contributed by atoms with E-state index in [-0.39, 0.29) is 30.1 Å². The molecule has 1 saturated heterocycles. The predicted octanol–water partition coefficient (Wildman–Crippen LogP) is 6.28. The second-order valence-electron chi connectivity index (χ2n) is 10.8. The fraction of sp³-hybridized carbons (Fsp3) is 0.500. The van der Waals surface area contributed by atoms with Gasteiger partial charge in [0.25, 0.3) is 0 Å². The molecular formula is C28H35Cl2NO5S. The highest BCUT2D eigenvalue weighted by atomic mass is 35.5. The molecule has 2 aromatic rings. The molecule has 0 spiro atoms. The van der Waals surface area contributed by atoms with Gasteiger partial charge in [-0.3, -0.25) is 9.59 Å². The minimum Gasteiger partial charge on any atom is -0.481 e. The largest absolute Gasteiger partial charge is 0.481 e. The highest BCUT2D eigenvalue weighted by molar-refractivity contribution is 7.92. The number of benzene rings is 2. The number of carboxylic acid groups (broad SMARTS) is 1. The maximum atomic E-state index is 13.6. The zero-order chi connectivity index (χ0) is 27.7. The van der Waals surface area contributed by atoms with Crippen molar-refractivity contribution in [3.63, 3.8) is 0 Å². The van der Waals surface area contributed by atoms with E-state index in [2.05, 4.69) is 5.32 Å². The first kappa shape index (κ1) is 29.5. The third kappa shape index (κ3) is 6.32. The van der Waals surface area contributed by atoms with Gasteiger partial charge >= 0.3 is 5.97 Å². The molecule has 6 atom stereocenters. The van der Waals surface area contributed by atoms with E-state index in [9.17, 15) is 23.1 Å². The van der Waals surface area contributed by atoms with Gasteiger partial charge in [0.15, 0.2) is 9.84 Å². The smallest absolute Gasteiger partial charge is 0.304 e. The van der Waals surface area contributed by atoms with Gasteiger partial charge in [0.2, 0.25) is 5.91 Å². The van der Waals surface area contributed by atoms with Crippen molar-refractivity contribution < 1.29 is 23.1 Å². The van der Waals surface area contributed by atoms with E-state index in [1.165, 1.54) is 0 Å². The number of sulfone groups is 1. The van der Waals surface area contributed by atoms with E-state index in [1.807, 2.05) is 32.0 Å². The molecule has 0 bridgehead atoms. The molecule has 3 rings (SSSR count). The number of hydrogen-bond donors (Lipinski definition) is 2. The van der Waals surface area contributed by atoms with Crippen LogP contribution in [0.4, 0.5) is 0 Å². The molecule has 37 heavy (non-hydrogen) atoms. The van der Waals surface area contributed by atoms with Crippen molar-refractivity contribution in [1.82, 2.24) is 5.32 Å². The molecule has 1 aliphatic rings. The van der Waals surface area contributed by atoms with Crippen LogP contribution in [0.1, 0.15) is 69.8 Å². The molecule has 1 fully saturated rings. The third-order valence-corrected chi connectivity index (χ3v) is 11.1. The van der Waals surface area contributed by atoms with Gasteiger partial charge in [-0.25, -0.2) is 8.42 Å². The number of rotatable bonds is 9. The summed E-state index contributed by atoms with van der Waals surface area (Å²) in [4.78, 5) is 24.9. The first-order valence-electron chi connectivity index (χ1n) is 12.4. The van der Waals surface area contributed by atoms with Gasteiger partial charge in [-0.05, 0) is 67.5 Å². The topological polar surface area (TPSA) is 101 Å². The number of nitrogens with one attached hydrogen (secondary N) is 1. The molecule has 2 N–H and O–H groups in total. The summed E-state index contributed by atoms with van der Waals surface area (Å²) in [5.41, 5.74) is 0.412. The maximum Gasteiger partial charge on any atom is 0.304 e. The Bertz CT molecular complexity index is 1250. The molecule has 2 aromatic carbocycles. The fourth-order valence-corrected chi connectivity index (χ4v) is 7.81. The maximum absolute atomic E-state index is 13.6. The second kappa shape index (κ2) is 11.3. The van der Waals surface area contributed by atoms with Crippen molar-refractivity contribution >= 4 is 44.9 Å². The van der Waals surface area contributed by atoms with Crippen molar-refractivity contribution in [3.8, 4) is 0 Å². The van der Waals surface area contributed by atoms with Crippen LogP contribution in [0.15, 0.2) is 48.5 Å². The first-order chi connectivity index (χ1) is 17.2. The summed E-state index contributed by atoms with van der Waals surface area (Å²) in [6, 6.07) is 13.8. The van der Waals surface area contributed by atoms with Gasteiger partial charge in [0, 0.05) is 22.0 Å². The van der Waals surface area contributed by atoms with E-state index in [0.717, 1.165) is 5.56 Å². The Morgan fingerprint density at radius 2 is 1.70 bits per heavy atom. The summed E-state index contributed by atoms with van der Waals surface area (Å²) in [6.07, 6.45) is -0.00255. The van der Waals surface area contributed by atoms with Crippen LogP contribution in [0.5, 0.6) is 0 Å². The van der Waals surface area contributed by atoms with Crippen LogP contribution in [0, 0.1) is 17.3 Å². The Kier molecular flexibility index (Phi) is 9.03. The average Bonchev–Trinajstić information content (AvgIpc) is 2.80. The number of halogens is 2. The fourth-order valence-electron chi connectivity index (χ4n) is 5.52. The summed E-state index contributed by atoms with van der Waals surface area (Å²) in [5, 5.41) is 12.2. The summed E-state index contributed by atoms with van der Waals surface area (Å²) in [5.74, 6) is -2.31. The lowest BCUT2D eigenvalue weighted by Crippen LogP contribution is -2.57. The minimum atomic E-state index is -3.58. The molecule has 6 unspecified atom stereocenters. The van der Waals surface area contributed by atoms with Crippen molar-refractivity contribution in [3.05, 3.63) is 69.7 Å². The van der Waals surface area contributed by atoms with Gasteiger partial charge in [0.05, 0.1) is 22.3 Å². The van der Waals surface area contributed by atoms with Crippen LogP contribution in [0.25, 0.3) is 0 Å². The monoisotopic (exact) mass is 567 g/mol. The van der Waals surface area contributed by atoms with Crippen molar-refractivity contribution in [1.29, 1.82) is 0 Å². The standard InChI is InChI=1S/C28H35Cl2NO5S/c1-16(2)37(35,36)26(19-9-11-21(29)12-10-19)18(4)17(3)25-23(20-7-6-8-22(30)13-20)14-28(5,15-24(32)33)27(34)31-25/h6-13,16-18,23,25-26H,14-15H2,1-5H3,(H,31,34)(H,32,33). The van der Waals surface area contributed by atoms with Crippen LogP contribution in [-0.4, -0.2) is 36.7 Å². The van der Waals surface area contributed by atoms with E-state index in [4.69, 9.17) is 23.2 Å². The zero-order valence-corrected chi connectivity index (χ0v) is 24.1. The highest BCUT2D eigenvalue weighted by Crippen LogP contribution is 2.47. The number of carbonyl (C=O) groups excluding carboxylic acids is 1. The number of amides is 1. The summed E-state index contributed by atoms with van der Waals surface area (Å²) >= 11 is 12.4. The Hall–Kier alpha value is -2.09. The second-order valence-corrected chi connectivity index (χ2v) is 14.3. The molecular weight excluding hydrogens is 533 g/mol. The lowest BCUT2D eigenvalue weighted by Gasteiger charge is -2.46. The zero-order valence-electron chi connectivity index (χ0n) is 21.7. The van der Waals surface area contributed by atoms with Crippen LogP contribution < -0.4 is 5.32 Å². The number of aliphatic carboxylic acids is 1. The molecule has 0 radical (unpaired) electrons. The van der Waals surface area contributed by atoms with E-state index >= 15 is 0 Å². The lowest BCUT2D eigenvalue weighted by molar-refractivity contribution is -0.147. The normalized spacial score (nSPS) is 24.8. The average molecular weight is 569 g/mol. The number of carboxylic acids is 1. The number of hydrogen-bond acceptors (Lipinski definition) is 4. The molecule has 1 amide bonds. The molecule has 202 valence electrons. The van der Waals surface area contributed by atoms with Gasteiger partial charge in [-0.1, -0.05) is 68.2 Å². The van der Waals surface area contributed by atoms with Crippen molar-refractivity contribution in [2.24, 2.45) is 17.3 Å². The van der Waals surface area contributed by atoms with Crippen molar-refractivity contribution in [2.75, 3.05) is 0 Å². The minimum absolute atomic E-state index is 0.258. The Morgan fingerprint density at radius 1 is 1.08 bits per heavy atom. The Labute approximate surface area is 229 Å². The molecule has 1 aliphatic heterocycles. The van der Waals surface area contributed by atoms with E-state index in [0.29, 0.717) is 22.0 Å². The van der Waals surface area contributed by atoms with Crippen LogP contribution in [0.2, 0.25) is 10.0 Å². The van der Waals surface area contributed by atoms with Gasteiger partial charge < -0.3 is 10.4 Å². The lowest BCUT2D eigenvalue weighted by atomic mass is 9.66. The van der Waals surface area contributed by atoms with Gasteiger partial charge in [-0.2, -0.15) is 0 Å². The molecule has 0 saturated carbocycles. The summed E-state index contributed by atoms with van der Waals surface area (Å²) in [6.45, 7) is 8.86. The highest BCUT2D eigenvalue weighted by Gasteiger charge is 2.49. The molecule has 0 aliphatic carbocycles. The van der Waals surface area contributed by atoms with Crippen LogP contribution >= 0.6 is 23.2 Å². The van der Waals surface area contributed by atoms with Crippen molar-refractivity contribution in [2.45, 2.75) is 69.9 Å². The Morgan fingerprint density at radius 3 is 2.24 bits per heavy atom. The van der Waals surface area contributed by atoms with Gasteiger partial charge in [0.1, 0.15) is 0 Å². The predicted molar refractivity (Wildman–Crippen MR) is 148 cm³/mol. The van der Waals surface area contributed by atoms with E-state index in [1.54, 1.807) is 51.1 Å². The number of piperidine rings is 1. The molecule has 9 heteroatoms.